The highest BCUT2D eigenvalue weighted by Gasteiger charge is 2.11. The number of likely N-dealkylation sites (N-methyl/N-ethyl adjacent to an activating group) is 1. The average Bonchev–Trinajstić information content (AvgIpc) is 2.46. The van der Waals surface area contributed by atoms with E-state index in [1.165, 1.54) is 24.0 Å². The van der Waals surface area contributed by atoms with Crippen LogP contribution in [0.2, 0.25) is 0 Å². The molecular weight excluding hydrogens is 244 g/mol. The molecule has 114 valence electrons. The standard InChI is InChI=1S/C18H32N2/c1-6-18(7-2)20(5)14-16-9-11-17(12-10-16)15(4)13-19-8-3/h9-12,15,18-19H,6-8,13-14H2,1-5H3. The lowest BCUT2D eigenvalue weighted by Crippen LogP contribution is -2.29. The molecule has 0 heterocycles. The molecule has 1 aromatic carbocycles. The van der Waals surface area contributed by atoms with Crippen molar-refractivity contribution < 1.29 is 0 Å². The second kappa shape index (κ2) is 9.15. The van der Waals surface area contributed by atoms with Gasteiger partial charge in [0.15, 0.2) is 0 Å². The predicted molar refractivity (Wildman–Crippen MR) is 89.2 cm³/mol. The first-order chi connectivity index (χ1) is 9.62. The molecule has 2 heteroatoms. The molecule has 0 aliphatic rings. The summed E-state index contributed by atoms with van der Waals surface area (Å²) in [5.41, 5.74) is 2.85. The Hall–Kier alpha value is -0.860. The lowest BCUT2D eigenvalue weighted by Gasteiger charge is -2.26. The summed E-state index contributed by atoms with van der Waals surface area (Å²) in [6.07, 6.45) is 2.45. The number of rotatable bonds is 9. The molecule has 0 saturated carbocycles. The first-order valence-corrected chi connectivity index (χ1v) is 8.12. The van der Waals surface area contributed by atoms with Gasteiger partial charge in [0.05, 0.1) is 0 Å². The normalized spacial score (nSPS) is 13.2. The van der Waals surface area contributed by atoms with E-state index >= 15 is 0 Å². The molecule has 1 aromatic rings. The van der Waals surface area contributed by atoms with Crippen LogP contribution in [0.1, 0.15) is 57.6 Å². The Balaban J connectivity index is 2.57. The van der Waals surface area contributed by atoms with Gasteiger partial charge >= 0.3 is 0 Å². The molecular formula is C18H32N2. The third kappa shape index (κ3) is 5.26. The maximum absolute atomic E-state index is 3.42. The Labute approximate surface area is 125 Å². The van der Waals surface area contributed by atoms with Crippen molar-refractivity contribution in [2.45, 2.75) is 59.0 Å². The summed E-state index contributed by atoms with van der Waals surface area (Å²) in [5.74, 6) is 0.584. The van der Waals surface area contributed by atoms with Gasteiger partial charge in [-0.25, -0.2) is 0 Å². The molecule has 1 atom stereocenters. The highest BCUT2D eigenvalue weighted by atomic mass is 15.1. The number of benzene rings is 1. The van der Waals surface area contributed by atoms with Gasteiger partial charge in [-0.1, -0.05) is 52.0 Å². The van der Waals surface area contributed by atoms with E-state index in [4.69, 9.17) is 0 Å². The fourth-order valence-electron chi connectivity index (χ4n) is 2.76. The second-order valence-corrected chi connectivity index (χ2v) is 5.84. The zero-order valence-electron chi connectivity index (χ0n) is 13.9. The van der Waals surface area contributed by atoms with E-state index in [1.54, 1.807) is 0 Å². The van der Waals surface area contributed by atoms with Gasteiger partial charge in [0.2, 0.25) is 0 Å². The van der Waals surface area contributed by atoms with Crippen molar-refractivity contribution in [3.63, 3.8) is 0 Å². The molecule has 0 amide bonds. The fourth-order valence-corrected chi connectivity index (χ4v) is 2.76. The van der Waals surface area contributed by atoms with Crippen LogP contribution in [-0.4, -0.2) is 31.1 Å². The van der Waals surface area contributed by atoms with Gasteiger partial charge in [-0.05, 0) is 43.5 Å². The zero-order valence-corrected chi connectivity index (χ0v) is 13.9. The van der Waals surface area contributed by atoms with Crippen LogP contribution >= 0.6 is 0 Å². The number of nitrogens with zero attached hydrogens (tertiary/aromatic N) is 1. The molecule has 1 unspecified atom stereocenters. The summed E-state index contributed by atoms with van der Waals surface area (Å²) >= 11 is 0. The monoisotopic (exact) mass is 276 g/mol. The van der Waals surface area contributed by atoms with Crippen LogP contribution in [0.5, 0.6) is 0 Å². The molecule has 0 fully saturated rings. The van der Waals surface area contributed by atoms with E-state index in [0.717, 1.165) is 19.6 Å². The van der Waals surface area contributed by atoms with Crippen molar-refractivity contribution in [1.82, 2.24) is 10.2 Å². The van der Waals surface area contributed by atoms with Gasteiger partial charge in [-0.2, -0.15) is 0 Å². The van der Waals surface area contributed by atoms with Crippen LogP contribution in [-0.2, 0) is 6.54 Å². The van der Waals surface area contributed by atoms with E-state index < -0.39 is 0 Å². The summed E-state index contributed by atoms with van der Waals surface area (Å²) in [5, 5.41) is 3.42. The largest absolute Gasteiger partial charge is 0.316 e. The average molecular weight is 276 g/mol. The maximum Gasteiger partial charge on any atom is 0.0233 e. The Bertz CT molecular complexity index is 354. The lowest BCUT2D eigenvalue weighted by atomic mass is 9.99. The summed E-state index contributed by atoms with van der Waals surface area (Å²) in [4.78, 5) is 2.47. The van der Waals surface area contributed by atoms with Crippen LogP contribution in [0.3, 0.4) is 0 Å². The van der Waals surface area contributed by atoms with Crippen molar-refractivity contribution in [2.75, 3.05) is 20.1 Å². The van der Waals surface area contributed by atoms with Gasteiger partial charge < -0.3 is 5.32 Å². The Morgan fingerprint density at radius 3 is 2.15 bits per heavy atom. The number of nitrogens with one attached hydrogen (secondary N) is 1. The third-order valence-corrected chi connectivity index (χ3v) is 4.25. The van der Waals surface area contributed by atoms with Crippen LogP contribution in [0, 0.1) is 0 Å². The van der Waals surface area contributed by atoms with Crippen LogP contribution in [0.25, 0.3) is 0 Å². The van der Waals surface area contributed by atoms with Crippen LogP contribution in [0.15, 0.2) is 24.3 Å². The highest BCUT2D eigenvalue weighted by molar-refractivity contribution is 5.25. The molecule has 0 saturated heterocycles. The maximum atomic E-state index is 3.42. The van der Waals surface area contributed by atoms with E-state index in [0.29, 0.717) is 12.0 Å². The zero-order chi connectivity index (χ0) is 15.0. The minimum absolute atomic E-state index is 0.584. The quantitative estimate of drug-likeness (QED) is 0.733. The molecule has 1 rings (SSSR count). The van der Waals surface area contributed by atoms with Gasteiger partial charge in [-0.15, -0.1) is 0 Å². The van der Waals surface area contributed by atoms with Gasteiger partial charge in [0.25, 0.3) is 0 Å². The molecule has 2 nitrogen and oxygen atoms in total. The lowest BCUT2D eigenvalue weighted by molar-refractivity contribution is 0.222. The van der Waals surface area contributed by atoms with Crippen molar-refractivity contribution in [2.24, 2.45) is 0 Å². The van der Waals surface area contributed by atoms with E-state index in [-0.39, 0.29) is 0 Å². The molecule has 0 radical (unpaired) electrons. The SMILES string of the molecule is CCNCC(C)c1ccc(CN(C)C(CC)CC)cc1. The van der Waals surface area contributed by atoms with Crippen molar-refractivity contribution in [1.29, 1.82) is 0 Å². The summed E-state index contributed by atoms with van der Waals surface area (Å²) < 4.78 is 0. The van der Waals surface area contributed by atoms with Crippen molar-refractivity contribution in [3.05, 3.63) is 35.4 Å². The van der Waals surface area contributed by atoms with Crippen LogP contribution in [0.4, 0.5) is 0 Å². The molecule has 0 aliphatic carbocycles. The van der Waals surface area contributed by atoms with Crippen LogP contribution < -0.4 is 5.32 Å². The van der Waals surface area contributed by atoms with Crippen molar-refractivity contribution >= 4 is 0 Å². The molecule has 0 spiro atoms. The topological polar surface area (TPSA) is 15.3 Å². The molecule has 0 aliphatic heterocycles. The minimum atomic E-state index is 0.584. The summed E-state index contributed by atoms with van der Waals surface area (Å²) in [6, 6.07) is 9.85. The van der Waals surface area contributed by atoms with Gasteiger partial charge in [0.1, 0.15) is 0 Å². The Kier molecular flexibility index (Phi) is 7.86. The second-order valence-electron chi connectivity index (χ2n) is 5.84. The molecule has 0 bridgehead atoms. The fraction of sp³-hybridized carbons (Fsp3) is 0.667. The third-order valence-electron chi connectivity index (χ3n) is 4.25. The van der Waals surface area contributed by atoms with E-state index in [1.807, 2.05) is 0 Å². The Morgan fingerprint density at radius 1 is 1.05 bits per heavy atom. The Morgan fingerprint density at radius 2 is 1.65 bits per heavy atom. The highest BCUT2D eigenvalue weighted by Crippen LogP contribution is 2.17. The first kappa shape index (κ1) is 17.2. The summed E-state index contributed by atoms with van der Waals surface area (Å²) in [7, 11) is 2.24. The van der Waals surface area contributed by atoms with Gasteiger partial charge in [0, 0.05) is 19.1 Å². The number of hydrogen-bond donors (Lipinski definition) is 1. The van der Waals surface area contributed by atoms with Crippen molar-refractivity contribution in [3.8, 4) is 0 Å². The van der Waals surface area contributed by atoms with E-state index in [9.17, 15) is 0 Å². The smallest absolute Gasteiger partial charge is 0.0233 e. The number of hydrogen-bond acceptors (Lipinski definition) is 2. The van der Waals surface area contributed by atoms with E-state index in [2.05, 4.69) is 69.2 Å². The van der Waals surface area contributed by atoms with Gasteiger partial charge in [-0.3, -0.25) is 4.90 Å². The predicted octanol–water partition coefficient (Wildman–Crippen LogP) is 4.02. The summed E-state index contributed by atoms with van der Waals surface area (Å²) in [6.45, 7) is 12.1. The minimum Gasteiger partial charge on any atom is -0.316 e. The molecule has 0 aromatic heterocycles. The first-order valence-electron chi connectivity index (χ1n) is 8.12. The molecule has 20 heavy (non-hydrogen) atoms. The molecule has 1 N–H and O–H groups in total.